The summed E-state index contributed by atoms with van der Waals surface area (Å²) in [5.41, 5.74) is 16.2. The Hall–Kier alpha value is -3.48. The summed E-state index contributed by atoms with van der Waals surface area (Å²) in [5, 5.41) is -0.754. The molecule has 8 bridgehead atoms. The van der Waals surface area contributed by atoms with Gasteiger partial charge in [0, 0.05) is 34.9 Å². The predicted molar refractivity (Wildman–Crippen MR) is 174 cm³/mol. The minimum atomic E-state index is -0.379. The monoisotopic (exact) mass is 602 g/mol. The maximum Gasteiger partial charge on any atom is 0.221 e. The first-order valence-electron chi connectivity index (χ1n) is 14.5. The summed E-state index contributed by atoms with van der Waals surface area (Å²) >= 11 is 11.5. The Bertz CT molecular complexity index is 1860. The third-order valence-electron chi connectivity index (χ3n) is 8.65. The van der Waals surface area contributed by atoms with Crippen LogP contribution in [0.5, 0.6) is 0 Å². The van der Waals surface area contributed by atoms with Crippen molar-refractivity contribution in [2.45, 2.75) is 80.1 Å². The molecule has 0 fully saturated rings. The molecule has 2 aliphatic heterocycles. The van der Waals surface area contributed by atoms with Gasteiger partial charge in [0.15, 0.2) is 0 Å². The minimum Gasteiger partial charge on any atom is -0.355 e. The fourth-order valence-corrected chi connectivity index (χ4v) is 6.39. The standard InChI is InChI=1S/C34H36Cl2N4O2/c1-7-21-17(3)25-13-26-19(5)23(9-11-33(35)41)31(39-26)16-32-24(10-12-34(36)42)20(6)28(40-32)15-30-22(8-2)18(4)27(38-30)14-29(21)37-25/h13-16,37,40H,7-12H2,1-6H3. The Morgan fingerprint density at radius 2 is 1.07 bits per heavy atom. The molecule has 0 aromatic carbocycles. The molecule has 5 rings (SSSR count). The molecule has 0 radical (unpaired) electrons. The average Bonchev–Trinajstić information content (AvgIpc) is 3.59. The number of hydrogen-bond donors (Lipinski definition) is 2. The van der Waals surface area contributed by atoms with Gasteiger partial charge in [0.05, 0.1) is 22.8 Å². The lowest BCUT2D eigenvalue weighted by Gasteiger charge is -2.03. The number of carbonyl (C=O) groups is 2. The SMILES string of the molecule is CCC1=C(C)c2cc3[nH]c(cc4nc(cc5[nH]c(cc1n2)c(C)c5CCC(=O)Cl)C(CCC(=O)Cl)=C4C)c(C)c3CC. The molecule has 0 spiro atoms. The van der Waals surface area contributed by atoms with Crippen LogP contribution in [0.15, 0.2) is 24.3 Å². The van der Waals surface area contributed by atoms with Crippen molar-refractivity contribution in [3.63, 3.8) is 0 Å². The van der Waals surface area contributed by atoms with Gasteiger partial charge in [0.2, 0.25) is 10.5 Å². The van der Waals surface area contributed by atoms with Crippen LogP contribution < -0.4 is 0 Å². The molecule has 0 saturated heterocycles. The quantitative estimate of drug-likeness (QED) is 0.251. The molecule has 8 heteroatoms. The first kappa shape index (κ1) is 30.0. The zero-order chi connectivity index (χ0) is 30.3. The summed E-state index contributed by atoms with van der Waals surface area (Å²) in [5.74, 6) is 0. The highest BCUT2D eigenvalue weighted by molar-refractivity contribution is 6.63. The van der Waals surface area contributed by atoms with E-state index in [1.54, 1.807) is 0 Å². The second-order valence-corrected chi connectivity index (χ2v) is 11.9. The Morgan fingerprint density at radius 1 is 0.619 bits per heavy atom. The van der Waals surface area contributed by atoms with E-state index in [4.69, 9.17) is 33.2 Å². The molecule has 42 heavy (non-hydrogen) atoms. The summed E-state index contributed by atoms with van der Waals surface area (Å²) in [6.07, 6.45) is 3.16. The molecular weight excluding hydrogens is 567 g/mol. The van der Waals surface area contributed by atoms with Crippen molar-refractivity contribution in [3.8, 4) is 0 Å². The van der Waals surface area contributed by atoms with Crippen molar-refractivity contribution in [1.29, 1.82) is 0 Å². The van der Waals surface area contributed by atoms with Crippen LogP contribution in [0.3, 0.4) is 0 Å². The lowest BCUT2D eigenvalue weighted by molar-refractivity contribution is -0.112. The summed E-state index contributed by atoms with van der Waals surface area (Å²) in [4.78, 5) is 40.9. The van der Waals surface area contributed by atoms with Crippen molar-refractivity contribution in [2.75, 3.05) is 0 Å². The number of carbonyl (C=O) groups excluding carboxylic acids is 2. The van der Waals surface area contributed by atoms with Gasteiger partial charge in [-0.25, -0.2) is 9.97 Å². The van der Waals surface area contributed by atoms with Gasteiger partial charge in [-0.15, -0.1) is 0 Å². The van der Waals surface area contributed by atoms with Crippen molar-refractivity contribution in [1.82, 2.24) is 19.9 Å². The molecule has 3 aromatic heterocycles. The third kappa shape index (κ3) is 5.62. The Balaban J connectivity index is 1.93. The first-order valence-corrected chi connectivity index (χ1v) is 15.3. The molecule has 0 aliphatic carbocycles. The number of aromatic nitrogens is 4. The molecule has 0 saturated carbocycles. The summed E-state index contributed by atoms with van der Waals surface area (Å²) in [7, 11) is 0. The number of hydrogen-bond acceptors (Lipinski definition) is 4. The molecule has 6 nitrogen and oxygen atoms in total. The highest BCUT2D eigenvalue weighted by Crippen LogP contribution is 2.37. The number of aromatic amines is 2. The number of fused-ring (bicyclic) bond motifs is 8. The number of nitrogens with zero attached hydrogens (tertiary/aromatic N) is 2. The van der Waals surface area contributed by atoms with Gasteiger partial charge in [-0.2, -0.15) is 0 Å². The van der Waals surface area contributed by atoms with Crippen LogP contribution in [0.25, 0.3) is 44.4 Å². The molecule has 3 aromatic rings. The fraction of sp³-hybridized carbons (Fsp3) is 0.353. The Labute approximate surface area is 256 Å². The fourth-order valence-electron chi connectivity index (χ4n) is 6.20. The van der Waals surface area contributed by atoms with E-state index >= 15 is 0 Å². The molecule has 218 valence electrons. The van der Waals surface area contributed by atoms with E-state index in [1.165, 1.54) is 22.3 Å². The normalized spacial score (nSPS) is 13.3. The Kier molecular flexibility index (Phi) is 8.58. The van der Waals surface area contributed by atoms with E-state index in [0.717, 1.165) is 80.0 Å². The maximum absolute atomic E-state index is 11.8. The third-order valence-corrected chi connectivity index (χ3v) is 9.03. The van der Waals surface area contributed by atoms with Crippen LogP contribution in [-0.2, 0) is 22.4 Å². The van der Waals surface area contributed by atoms with Crippen molar-refractivity contribution in [2.24, 2.45) is 0 Å². The minimum absolute atomic E-state index is 0.218. The van der Waals surface area contributed by atoms with E-state index in [2.05, 4.69) is 62.8 Å². The smallest absolute Gasteiger partial charge is 0.221 e. The zero-order valence-corrected chi connectivity index (χ0v) is 26.5. The van der Waals surface area contributed by atoms with Crippen molar-refractivity contribution in [3.05, 3.63) is 69.3 Å². The number of H-pyrrole nitrogens is 2. The second-order valence-electron chi connectivity index (χ2n) is 11.1. The van der Waals surface area contributed by atoms with E-state index in [1.807, 2.05) is 13.0 Å². The van der Waals surface area contributed by atoms with E-state index in [-0.39, 0.29) is 23.3 Å². The average molecular weight is 604 g/mol. The lowest BCUT2D eigenvalue weighted by atomic mass is 10.0. The van der Waals surface area contributed by atoms with Crippen LogP contribution in [0.2, 0.25) is 0 Å². The number of aryl methyl sites for hydroxylation is 4. The molecule has 2 aliphatic rings. The van der Waals surface area contributed by atoms with Gasteiger partial charge >= 0.3 is 0 Å². The van der Waals surface area contributed by atoms with Crippen LogP contribution in [-0.4, -0.2) is 30.4 Å². The van der Waals surface area contributed by atoms with Gasteiger partial charge in [-0.1, -0.05) is 13.8 Å². The molecule has 0 unspecified atom stereocenters. The number of rotatable bonds is 8. The van der Waals surface area contributed by atoms with Gasteiger partial charge in [-0.05, 0) is 145 Å². The molecule has 2 N–H and O–H groups in total. The highest BCUT2D eigenvalue weighted by atomic mass is 35.5. The summed E-state index contributed by atoms with van der Waals surface area (Å²) < 4.78 is 0. The molecule has 5 heterocycles. The topological polar surface area (TPSA) is 91.5 Å². The zero-order valence-electron chi connectivity index (χ0n) is 25.0. The van der Waals surface area contributed by atoms with Crippen LogP contribution >= 0.6 is 23.2 Å². The lowest BCUT2D eigenvalue weighted by Crippen LogP contribution is -1.93. The molecular formula is C34H36Cl2N4O2. The largest absolute Gasteiger partial charge is 0.355 e. The van der Waals surface area contributed by atoms with Gasteiger partial charge in [-0.3, -0.25) is 9.59 Å². The van der Waals surface area contributed by atoms with E-state index in [9.17, 15) is 9.59 Å². The van der Waals surface area contributed by atoms with Gasteiger partial charge < -0.3 is 9.97 Å². The number of allylic oxidation sites excluding steroid dienone is 4. The van der Waals surface area contributed by atoms with Crippen LogP contribution in [0.4, 0.5) is 0 Å². The Morgan fingerprint density at radius 3 is 1.64 bits per heavy atom. The van der Waals surface area contributed by atoms with Crippen molar-refractivity contribution < 1.29 is 9.59 Å². The maximum atomic E-state index is 11.8. The van der Waals surface area contributed by atoms with E-state index in [0.29, 0.717) is 12.8 Å². The number of halogens is 2. The van der Waals surface area contributed by atoms with E-state index < -0.39 is 0 Å². The first-order chi connectivity index (χ1) is 20.0. The second kappa shape index (κ2) is 12.0. The predicted octanol–water partition coefficient (Wildman–Crippen LogP) is 9.01. The van der Waals surface area contributed by atoms with Crippen LogP contribution in [0.1, 0.15) is 98.4 Å². The van der Waals surface area contributed by atoms with Crippen LogP contribution in [0, 0.1) is 13.8 Å². The van der Waals surface area contributed by atoms with Gasteiger partial charge in [0.25, 0.3) is 0 Å². The summed E-state index contributed by atoms with van der Waals surface area (Å²) in [6, 6.07) is 8.39. The summed E-state index contributed by atoms with van der Waals surface area (Å²) in [6.45, 7) is 12.7. The molecule has 0 atom stereocenters. The number of nitrogens with one attached hydrogen (secondary N) is 2. The molecule has 0 amide bonds. The van der Waals surface area contributed by atoms with Crippen molar-refractivity contribution >= 4 is 78.0 Å². The highest BCUT2D eigenvalue weighted by Gasteiger charge is 2.21. The van der Waals surface area contributed by atoms with Gasteiger partial charge in [0.1, 0.15) is 0 Å².